The summed E-state index contributed by atoms with van der Waals surface area (Å²) >= 11 is 0. The number of hydrogen-bond donors (Lipinski definition) is 6. The number of likely N-dealkylation sites (N-methyl/N-ethyl adjacent to an activating group) is 2. The van der Waals surface area contributed by atoms with Gasteiger partial charge in [-0.1, -0.05) is 0 Å². The molecule has 0 bridgehead atoms. The van der Waals surface area contributed by atoms with Crippen LogP contribution in [0.4, 0.5) is 11.4 Å². The van der Waals surface area contributed by atoms with Gasteiger partial charge in [-0.25, -0.2) is 10.4 Å². The lowest BCUT2D eigenvalue weighted by Gasteiger charge is -2.28. The second-order valence-electron chi connectivity index (χ2n) is 9.98. The van der Waals surface area contributed by atoms with Crippen molar-refractivity contribution in [2.45, 2.75) is 0 Å². The second-order valence-corrected chi connectivity index (χ2v) is 9.98. The van der Waals surface area contributed by atoms with E-state index in [0.717, 1.165) is 0 Å². The topological polar surface area (TPSA) is 152 Å². The fraction of sp³-hybridized carbons (Fsp3) is 0.320. The molecule has 190 valence electrons. The second kappa shape index (κ2) is 9.03. The smallest absolute Gasteiger partial charge is 0.200 e. The number of pyridine rings is 1. The molecule has 0 saturated carbocycles. The Morgan fingerprint density at radius 1 is 0.722 bits per heavy atom. The third-order valence-electron chi connectivity index (χ3n) is 6.10. The molecular weight excluding hydrogens is 466 g/mol. The van der Waals surface area contributed by atoms with E-state index >= 15 is 0 Å². The molecule has 2 aromatic carbocycles. The number of aromatic nitrogens is 1. The highest BCUT2D eigenvalue weighted by Gasteiger charge is 2.39. The maximum Gasteiger partial charge on any atom is 0.200 e. The van der Waals surface area contributed by atoms with Crippen molar-refractivity contribution in [3.05, 3.63) is 52.8 Å². The molecule has 0 aliphatic heterocycles. The van der Waals surface area contributed by atoms with Gasteiger partial charge in [-0.2, -0.15) is 9.29 Å². The first kappa shape index (κ1) is 25.3. The van der Waals surface area contributed by atoms with Crippen molar-refractivity contribution in [3.8, 4) is 11.5 Å². The highest BCUT2D eigenvalue weighted by molar-refractivity contribution is 6.36. The van der Waals surface area contributed by atoms with Gasteiger partial charge in [-0.15, -0.1) is 0 Å². The number of aromatic hydroxyl groups is 2. The normalized spacial score (nSPS) is 13.5. The van der Waals surface area contributed by atoms with Crippen LogP contribution in [0.5, 0.6) is 11.5 Å². The number of anilines is 2. The van der Waals surface area contributed by atoms with Crippen LogP contribution in [0.15, 0.2) is 30.6 Å². The van der Waals surface area contributed by atoms with E-state index in [1.54, 1.807) is 46.7 Å². The molecule has 1 aromatic heterocycles. The van der Waals surface area contributed by atoms with E-state index in [1.807, 2.05) is 0 Å². The maximum absolute atomic E-state index is 13.8. The Labute approximate surface area is 207 Å². The van der Waals surface area contributed by atoms with Crippen LogP contribution in [0.25, 0.3) is 10.8 Å². The summed E-state index contributed by atoms with van der Waals surface area (Å²) in [6.45, 7) is 1.14. The summed E-state index contributed by atoms with van der Waals surface area (Å²) < 4.78 is -0.627. The first-order chi connectivity index (χ1) is 16.8. The van der Waals surface area contributed by atoms with Gasteiger partial charge < -0.3 is 20.8 Å². The number of carbonyl (C=O) groups is 2. The standard InChI is InChI=1S/C25H29N5O6/c1-29(2,35)11-9-27-22-14-7-8-26-13-15(14)23(28-10-12-30(3,4)36)21-20(22)24(33)18-16(31)5-6-17(32)19(18)25(21)34/h5-8,13,35-36H,9-12H2,1-4H3,(H2-2,26,27,28,31,32,33,34)/p+2. The number of benzene rings is 2. The van der Waals surface area contributed by atoms with Gasteiger partial charge in [0.15, 0.2) is 0 Å². The van der Waals surface area contributed by atoms with Crippen LogP contribution in [-0.2, 0) is 0 Å². The Balaban J connectivity index is 1.98. The number of nitrogens with zero attached hydrogens (tertiary/aromatic N) is 3. The number of ketones is 2. The molecule has 0 radical (unpaired) electrons. The Bertz CT molecular complexity index is 1270. The number of fused-ring (bicyclic) bond motifs is 3. The Morgan fingerprint density at radius 3 is 1.61 bits per heavy atom. The number of quaternary nitrogens is 2. The van der Waals surface area contributed by atoms with Crippen molar-refractivity contribution < 1.29 is 39.5 Å². The number of phenolic OH excluding ortho intramolecular Hbond substituents is 2. The average Bonchev–Trinajstić information content (AvgIpc) is 2.78. The molecular formula is C25H31N5O6+2. The summed E-state index contributed by atoms with van der Waals surface area (Å²) in [5, 5.41) is 48.8. The molecule has 0 amide bonds. The molecule has 0 spiro atoms. The monoisotopic (exact) mass is 497 g/mol. The minimum absolute atomic E-state index is 0.0393. The van der Waals surface area contributed by atoms with Gasteiger partial charge in [0.1, 0.15) is 24.6 Å². The van der Waals surface area contributed by atoms with E-state index in [9.17, 15) is 30.2 Å². The molecule has 4 rings (SSSR count). The van der Waals surface area contributed by atoms with Crippen molar-refractivity contribution in [3.63, 3.8) is 0 Å². The van der Waals surface area contributed by atoms with Crippen molar-refractivity contribution in [2.24, 2.45) is 0 Å². The van der Waals surface area contributed by atoms with Crippen LogP contribution in [-0.4, -0.2) is 101 Å². The molecule has 0 fully saturated rings. The lowest BCUT2D eigenvalue weighted by Crippen LogP contribution is -2.40. The summed E-state index contributed by atoms with van der Waals surface area (Å²) in [4.78, 5) is 31.9. The van der Waals surface area contributed by atoms with E-state index in [0.29, 0.717) is 35.2 Å². The van der Waals surface area contributed by atoms with Crippen molar-refractivity contribution in [2.75, 3.05) is 65.0 Å². The number of rotatable bonds is 8. The molecule has 11 nitrogen and oxygen atoms in total. The zero-order chi connectivity index (χ0) is 26.4. The number of hydroxylamine groups is 6. The van der Waals surface area contributed by atoms with Crippen molar-refractivity contribution in [1.29, 1.82) is 0 Å². The third kappa shape index (κ3) is 4.69. The lowest BCUT2D eigenvalue weighted by molar-refractivity contribution is -1.07. The van der Waals surface area contributed by atoms with Crippen LogP contribution in [0, 0.1) is 0 Å². The zero-order valence-electron chi connectivity index (χ0n) is 20.7. The molecule has 6 N–H and O–H groups in total. The fourth-order valence-corrected chi connectivity index (χ4v) is 4.35. The maximum atomic E-state index is 13.8. The highest BCUT2D eigenvalue weighted by Crippen LogP contribution is 2.46. The van der Waals surface area contributed by atoms with E-state index in [1.165, 1.54) is 12.1 Å². The summed E-state index contributed by atoms with van der Waals surface area (Å²) in [6, 6.07) is 4.06. The van der Waals surface area contributed by atoms with Gasteiger partial charge in [0, 0.05) is 23.2 Å². The Morgan fingerprint density at radius 2 is 1.17 bits per heavy atom. The molecule has 36 heavy (non-hydrogen) atoms. The predicted octanol–water partition coefficient (Wildman–Crippen LogP) is 2.18. The largest absolute Gasteiger partial charge is 0.507 e. The summed E-state index contributed by atoms with van der Waals surface area (Å²) in [6.07, 6.45) is 3.14. The number of hydrogen-bond acceptors (Lipinski definition) is 9. The van der Waals surface area contributed by atoms with Crippen molar-refractivity contribution in [1.82, 2.24) is 4.98 Å². The first-order valence-electron chi connectivity index (χ1n) is 11.5. The number of phenols is 2. The molecule has 3 aromatic rings. The van der Waals surface area contributed by atoms with E-state index < -0.39 is 23.1 Å². The third-order valence-corrected chi connectivity index (χ3v) is 6.10. The van der Waals surface area contributed by atoms with Gasteiger partial charge >= 0.3 is 0 Å². The lowest BCUT2D eigenvalue weighted by atomic mass is 9.79. The molecule has 11 heteroatoms. The quantitative estimate of drug-likeness (QED) is 0.0931. The van der Waals surface area contributed by atoms with Crippen LogP contribution in [0.1, 0.15) is 31.8 Å². The molecule has 1 aliphatic carbocycles. The molecule has 0 atom stereocenters. The fourth-order valence-electron chi connectivity index (χ4n) is 4.35. The molecule has 0 saturated heterocycles. The van der Waals surface area contributed by atoms with Gasteiger partial charge in [-0.3, -0.25) is 14.6 Å². The summed E-state index contributed by atoms with van der Waals surface area (Å²) in [5.74, 6) is -2.06. The zero-order valence-corrected chi connectivity index (χ0v) is 20.7. The van der Waals surface area contributed by atoms with E-state index in [-0.39, 0.29) is 44.6 Å². The number of carbonyl (C=O) groups excluding carboxylic acids is 2. The molecule has 1 heterocycles. The van der Waals surface area contributed by atoms with Crippen LogP contribution in [0.3, 0.4) is 0 Å². The van der Waals surface area contributed by atoms with Gasteiger partial charge in [0.25, 0.3) is 0 Å². The SMILES string of the molecule is C[N+](C)(O)CCNc1c2c(c(NCC[N+](C)(C)O)c3cnccc13)C(=O)c1c(O)ccc(O)c1C2=O. The minimum Gasteiger partial charge on any atom is -0.507 e. The predicted molar refractivity (Wildman–Crippen MR) is 133 cm³/mol. The van der Waals surface area contributed by atoms with Gasteiger partial charge in [0.2, 0.25) is 11.6 Å². The summed E-state index contributed by atoms with van der Waals surface area (Å²) in [5.41, 5.74) is 0.272. The minimum atomic E-state index is -0.625. The summed E-state index contributed by atoms with van der Waals surface area (Å²) in [7, 11) is 6.44. The molecule has 0 unspecified atom stereocenters. The van der Waals surface area contributed by atoms with E-state index in [4.69, 9.17) is 0 Å². The first-order valence-corrected chi connectivity index (χ1v) is 11.5. The van der Waals surface area contributed by atoms with Crippen LogP contribution >= 0.6 is 0 Å². The Hall–Kier alpha value is -3.77. The Kier molecular flexibility index (Phi) is 6.35. The van der Waals surface area contributed by atoms with Gasteiger partial charge in [-0.05, 0) is 18.2 Å². The highest BCUT2D eigenvalue weighted by atomic mass is 16.5. The number of nitrogens with one attached hydrogen (secondary N) is 2. The van der Waals surface area contributed by atoms with Crippen LogP contribution < -0.4 is 10.6 Å². The van der Waals surface area contributed by atoms with Crippen molar-refractivity contribution >= 4 is 33.7 Å². The van der Waals surface area contributed by atoms with E-state index in [2.05, 4.69) is 15.6 Å². The molecule has 1 aliphatic rings. The average molecular weight is 498 g/mol. The van der Waals surface area contributed by atoms with Gasteiger partial charge in [0.05, 0.1) is 74.9 Å². The van der Waals surface area contributed by atoms with Crippen LogP contribution in [0.2, 0.25) is 0 Å².